The fourth-order valence-corrected chi connectivity index (χ4v) is 3.02. The van der Waals surface area contributed by atoms with E-state index in [4.69, 9.17) is 4.74 Å². The first kappa shape index (κ1) is 11.3. The van der Waals surface area contributed by atoms with Gasteiger partial charge in [0.1, 0.15) is 0 Å². The second-order valence-corrected chi connectivity index (χ2v) is 5.21. The van der Waals surface area contributed by atoms with Gasteiger partial charge in [-0.05, 0) is 18.6 Å². The summed E-state index contributed by atoms with van der Waals surface area (Å²) in [4.78, 5) is 5.76. The minimum atomic E-state index is 0.206. The molecule has 4 nitrogen and oxygen atoms in total. The molecular weight excluding hydrogens is 214 g/mol. The number of nitrogens with zero attached hydrogens (tertiary/aromatic N) is 1. The van der Waals surface area contributed by atoms with Crippen LogP contribution in [0, 0.1) is 0 Å². The van der Waals surface area contributed by atoms with Crippen molar-refractivity contribution in [3.63, 3.8) is 0 Å². The fourth-order valence-electron chi connectivity index (χ4n) is 3.02. The van der Waals surface area contributed by atoms with E-state index in [1.165, 1.54) is 5.56 Å². The molecule has 4 heteroatoms. The Balaban J connectivity index is 1.80. The van der Waals surface area contributed by atoms with Crippen molar-refractivity contribution < 1.29 is 4.74 Å². The van der Waals surface area contributed by atoms with E-state index in [0.29, 0.717) is 6.04 Å². The molecule has 3 heterocycles. The highest BCUT2D eigenvalue weighted by atomic mass is 16.5. The molecule has 3 rings (SSSR count). The molecule has 0 aromatic carbocycles. The number of ether oxygens (including phenoxy) is 1. The summed E-state index contributed by atoms with van der Waals surface area (Å²) in [5, 5.41) is 3.41. The maximum Gasteiger partial charge on any atom is 0.0601 e. The fraction of sp³-hybridized carbons (Fsp3) is 0.692. The molecule has 2 saturated heterocycles. The lowest BCUT2D eigenvalue weighted by molar-refractivity contribution is -0.100. The summed E-state index contributed by atoms with van der Waals surface area (Å²) in [6.07, 6.45) is 4.14. The van der Waals surface area contributed by atoms with E-state index in [9.17, 15) is 0 Å². The summed E-state index contributed by atoms with van der Waals surface area (Å²) in [6.45, 7) is 8.57. The largest absolute Gasteiger partial charge is 0.379 e. The first-order chi connectivity index (χ1) is 8.33. The Morgan fingerprint density at radius 1 is 1.35 bits per heavy atom. The van der Waals surface area contributed by atoms with Gasteiger partial charge < -0.3 is 15.0 Å². The highest BCUT2D eigenvalue weighted by Crippen LogP contribution is 2.38. The van der Waals surface area contributed by atoms with Crippen LogP contribution in [0.1, 0.15) is 12.5 Å². The van der Waals surface area contributed by atoms with E-state index in [1.807, 2.05) is 6.20 Å². The van der Waals surface area contributed by atoms with Crippen LogP contribution in [-0.2, 0) is 10.2 Å². The molecule has 2 N–H and O–H groups in total. The van der Waals surface area contributed by atoms with Gasteiger partial charge >= 0.3 is 0 Å². The number of aromatic amines is 1. The van der Waals surface area contributed by atoms with Crippen LogP contribution >= 0.6 is 0 Å². The number of aromatic nitrogens is 1. The monoisotopic (exact) mass is 235 g/mol. The van der Waals surface area contributed by atoms with Crippen molar-refractivity contribution in [2.75, 3.05) is 39.4 Å². The number of hydrogen-bond acceptors (Lipinski definition) is 3. The van der Waals surface area contributed by atoms with E-state index in [1.54, 1.807) is 0 Å². The minimum absolute atomic E-state index is 0.206. The summed E-state index contributed by atoms with van der Waals surface area (Å²) in [5.74, 6) is 0. The van der Waals surface area contributed by atoms with Crippen molar-refractivity contribution in [2.45, 2.75) is 18.4 Å². The Morgan fingerprint density at radius 2 is 2.12 bits per heavy atom. The van der Waals surface area contributed by atoms with Crippen molar-refractivity contribution in [3.05, 3.63) is 24.0 Å². The minimum Gasteiger partial charge on any atom is -0.379 e. The quantitative estimate of drug-likeness (QED) is 0.805. The molecule has 2 aliphatic rings. The zero-order valence-corrected chi connectivity index (χ0v) is 10.4. The molecule has 1 atom stereocenters. The number of hydrogen-bond donors (Lipinski definition) is 2. The number of H-pyrrole nitrogens is 1. The molecule has 94 valence electrons. The topological polar surface area (TPSA) is 40.3 Å². The number of rotatable bonds is 3. The van der Waals surface area contributed by atoms with Crippen LogP contribution in [0.3, 0.4) is 0 Å². The zero-order valence-electron chi connectivity index (χ0n) is 10.4. The molecule has 2 aliphatic heterocycles. The molecule has 2 fully saturated rings. The van der Waals surface area contributed by atoms with E-state index in [-0.39, 0.29) is 5.41 Å². The Kier molecular flexibility index (Phi) is 2.94. The second kappa shape index (κ2) is 4.44. The van der Waals surface area contributed by atoms with E-state index in [0.717, 1.165) is 39.4 Å². The average Bonchev–Trinajstić information content (AvgIpc) is 2.83. The van der Waals surface area contributed by atoms with Crippen molar-refractivity contribution >= 4 is 0 Å². The first-order valence-electron chi connectivity index (χ1n) is 6.49. The smallest absolute Gasteiger partial charge is 0.0601 e. The van der Waals surface area contributed by atoms with Gasteiger partial charge in [0.05, 0.1) is 18.6 Å². The normalized spacial score (nSPS) is 26.4. The van der Waals surface area contributed by atoms with Crippen LogP contribution in [0.5, 0.6) is 0 Å². The predicted octanol–water partition coefficient (Wildman–Crippen LogP) is 0.576. The third-order valence-corrected chi connectivity index (χ3v) is 4.39. The van der Waals surface area contributed by atoms with E-state index < -0.39 is 0 Å². The van der Waals surface area contributed by atoms with Gasteiger partial charge in [-0.25, -0.2) is 0 Å². The Bertz CT molecular complexity index is 353. The van der Waals surface area contributed by atoms with Crippen LogP contribution in [-0.4, -0.2) is 55.3 Å². The first-order valence-corrected chi connectivity index (χ1v) is 6.49. The van der Waals surface area contributed by atoms with Crippen LogP contribution in [0.15, 0.2) is 18.5 Å². The standard InChI is InChI=1S/C13H21N3O/c1-11(16-6-4-14-5-7-16)13(9-17-10-13)12-2-3-15-8-12/h2-3,8,11,14-15H,4-7,9-10H2,1H3. The predicted molar refractivity (Wildman–Crippen MR) is 67.2 cm³/mol. The van der Waals surface area contributed by atoms with E-state index in [2.05, 4.69) is 34.4 Å². The molecule has 0 bridgehead atoms. The van der Waals surface area contributed by atoms with Crippen LogP contribution in [0.4, 0.5) is 0 Å². The highest BCUT2D eigenvalue weighted by molar-refractivity contribution is 5.28. The molecule has 0 aliphatic carbocycles. The van der Waals surface area contributed by atoms with Crippen molar-refractivity contribution in [1.29, 1.82) is 0 Å². The maximum absolute atomic E-state index is 5.52. The van der Waals surface area contributed by atoms with Crippen LogP contribution in [0.25, 0.3) is 0 Å². The summed E-state index contributed by atoms with van der Waals surface area (Å²) in [6, 6.07) is 2.75. The lowest BCUT2D eigenvalue weighted by atomic mass is 9.73. The van der Waals surface area contributed by atoms with Gasteiger partial charge in [0.15, 0.2) is 0 Å². The molecule has 1 aromatic rings. The van der Waals surface area contributed by atoms with Crippen molar-refractivity contribution in [1.82, 2.24) is 15.2 Å². The summed E-state index contributed by atoms with van der Waals surface area (Å²) in [7, 11) is 0. The van der Waals surface area contributed by atoms with Crippen molar-refractivity contribution in [2.24, 2.45) is 0 Å². The van der Waals surface area contributed by atoms with Crippen molar-refractivity contribution in [3.8, 4) is 0 Å². The second-order valence-electron chi connectivity index (χ2n) is 5.21. The van der Waals surface area contributed by atoms with E-state index >= 15 is 0 Å². The van der Waals surface area contributed by atoms with Gasteiger partial charge in [0.25, 0.3) is 0 Å². The maximum atomic E-state index is 5.52. The summed E-state index contributed by atoms with van der Waals surface area (Å²) < 4.78 is 5.52. The lowest BCUT2D eigenvalue weighted by Gasteiger charge is -2.50. The van der Waals surface area contributed by atoms with Gasteiger partial charge in [0, 0.05) is 44.6 Å². The molecule has 0 saturated carbocycles. The molecule has 0 spiro atoms. The molecule has 1 unspecified atom stereocenters. The third-order valence-electron chi connectivity index (χ3n) is 4.39. The van der Waals surface area contributed by atoms with Gasteiger partial charge in [-0.1, -0.05) is 0 Å². The third kappa shape index (κ3) is 1.80. The Labute approximate surface area is 102 Å². The van der Waals surface area contributed by atoms with Gasteiger partial charge in [-0.15, -0.1) is 0 Å². The van der Waals surface area contributed by atoms with Crippen LogP contribution in [0.2, 0.25) is 0 Å². The molecule has 0 radical (unpaired) electrons. The van der Waals surface area contributed by atoms with Gasteiger partial charge in [-0.2, -0.15) is 0 Å². The molecular formula is C13H21N3O. The number of piperazine rings is 1. The molecule has 1 aromatic heterocycles. The Hall–Kier alpha value is -0.840. The average molecular weight is 235 g/mol. The highest BCUT2D eigenvalue weighted by Gasteiger charge is 2.47. The lowest BCUT2D eigenvalue weighted by Crippen LogP contribution is -2.62. The zero-order chi connectivity index (χ0) is 11.7. The van der Waals surface area contributed by atoms with Gasteiger partial charge in [-0.3, -0.25) is 4.90 Å². The summed E-state index contributed by atoms with van der Waals surface area (Å²) in [5.41, 5.74) is 1.60. The van der Waals surface area contributed by atoms with Gasteiger partial charge in [0.2, 0.25) is 0 Å². The summed E-state index contributed by atoms with van der Waals surface area (Å²) >= 11 is 0. The Morgan fingerprint density at radius 3 is 2.65 bits per heavy atom. The molecule has 0 amide bonds. The molecule has 17 heavy (non-hydrogen) atoms. The van der Waals surface area contributed by atoms with Crippen LogP contribution < -0.4 is 5.32 Å². The number of nitrogens with one attached hydrogen (secondary N) is 2. The SMILES string of the molecule is CC(N1CCNCC1)C1(c2cc[nH]c2)COC1.